The van der Waals surface area contributed by atoms with Crippen LogP contribution in [0.2, 0.25) is 0 Å². The number of rotatable bonds is 2. The van der Waals surface area contributed by atoms with Crippen molar-refractivity contribution in [3.8, 4) is 11.4 Å². The van der Waals surface area contributed by atoms with Crippen LogP contribution < -0.4 is 4.74 Å². The summed E-state index contributed by atoms with van der Waals surface area (Å²) in [6.45, 7) is 0. The number of halogens is 2. The molecule has 20 heavy (non-hydrogen) atoms. The highest BCUT2D eigenvalue weighted by Crippen LogP contribution is 2.25. The third-order valence-corrected chi connectivity index (χ3v) is 3.35. The third kappa shape index (κ3) is 1.89. The molecule has 1 aromatic heterocycles. The van der Waals surface area contributed by atoms with Crippen LogP contribution in [0, 0.1) is 16.4 Å². The highest BCUT2D eigenvalue weighted by atomic mass is 32.1. The smallest absolute Gasteiger partial charge is 0.182 e. The fraction of sp³-hybridized carbons (Fsp3) is 0.0714. The van der Waals surface area contributed by atoms with E-state index in [0.717, 1.165) is 0 Å². The molecule has 3 nitrogen and oxygen atoms in total. The Labute approximate surface area is 118 Å². The molecule has 0 spiro atoms. The number of hydrogen-bond acceptors (Lipinski definition) is 2. The molecule has 0 aliphatic carbocycles. The molecule has 0 radical (unpaired) electrons. The number of hydrogen-bond donors (Lipinski definition) is 1. The van der Waals surface area contributed by atoms with E-state index in [1.54, 1.807) is 22.8 Å². The van der Waals surface area contributed by atoms with E-state index < -0.39 is 5.82 Å². The normalized spacial score (nSPS) is 10.9. The fourth-order valence-electron chi connectivity index (χ4n) is 2.14. The van der Waals surface area contributed by atoms with Crippen molar-refractivity contribution in [2.75, 3.05) is 7.11 Å². The Balaban J connectivity index is 2.32. The van der Waals surface area contributed by atoms with Crippen molar-refractivity contribution in [1.29, 1.82) is 0 Å². The van der Waals surface area contributed by atoms with E-state index in [9.17, 15) is 8.78 Å². The first-order valence-corrected chi connectivity index (χ1v) is 6.26. The Hall–Kier alpha value is -2.21. The fourth-order valence-corrected chi connectivity index (χ4v) is 2.44. The van der Waals surface area contributed by atoms with Crippen LogP contribution in [0.1, 0.15) is 0 Å². The van der Waals surface area contributed by atoms with Crippen LogP contribution in [0.25, 0.3) is 16.7 Å². The van der Waals surface area contributed by atoms with Gasteiger partial charge in [-0.3, -0.25) is 4.57 Å². The van der Waals surface area contributed by atoms with Gasteiger partial charge < -0.3 is 9.72 Å². The van der Waals surface area contributed by atoms with Crippen molar-refractivity contribution in [3.63, 3.8) is 0 Å². The van der Waals surface area contributed by atoms with Gasteiger partial charge in [0.05, 0.1) is 18.3 Å². The lowest BCUT2D eigenvalue weighted by Crippen LogP contribution is -1.96. The Morgan fingerprint density at radius 3 is 2.70 bits per heavy atom. The molecule has 1 heterocycles. The first-order valence-electron chi connectivity index (χ1n) is 5.85. The van der Waals surface area contributed by atoms with Crippen LogP contribution in [0.15, 0.2) is 36.4 Å². The molecule has 0 aliphatic rings. The van der Waals surface area contributed by atoms with Crippen molar-refractivity contribution < 1.29 is 13.5 Å². The molecule has 6 heteroatoms. The van der Waals surface area contributed by atoms with Gasteiger partial charge in [0.1, 0.15) is 11.3 Å². The third-order valence-electron chi connectivity index (χ3n) is 3.06. The second-order valence-corrected chi connectivity index (χ2v) is 4.61. The lowest BCUT2D eigenvalue weighted by Gasteiger charge is -2.07. The molecular formula is C14H10F2N2OS. The van der Waals surface area contributed by atoms with E-state index in [2.05, 4.69) is 4.98 Å². The SMILES string of the molecule is COc1cc(-n2c(=S)[nH]c3c(F)cccc32)ccc1F. The molecule has 0 bridgehead atoms. The summed E-state index contributed by atoms with van der Waals surface area (Å²) in [5.41, 5.74) is 1.51. The number of aromatic nitrogens is 2. The summed E-state index contributed by atoms with van der Waals surface area (Å²) in [5, 5.41) is 0. The van der Waals surface area contributed by atoms with Gasteiger partial charge in [0.2, 0.25) is 0 Å². The quantitative estimate of drug-likeness (QED) is 0.724. The minimum atomic E-state index is -0.464. The highest BCUT2D eigenvalue weighted by Gasteiger charge is 2.11. The monoisotopic (exact) mass is 292 g/mol. The second-order valence-electron chi connectivity index (χ2n) is 4.22. The predicted molar refractivity (Wildman–Crippen MR) is 74.9 cm³/mol. The van der Waals surface area contributed by atoms with Crippen molar-refractivity contribution in [3.05, 3.63) is 52.8 Å². The number of H-pyrrole nitrogens is 1. The molecule has 1 N–H and O–H groups in total. The topological polar surface area (TPSA) is 29.9 Å². The molecule has 3 rings (SSSR count). The van der Waals surface area contributed by atoms with E-state index in [1.807, 2.05) is 0 Å². The lowest BCUT2D eigenvalue weighted by atomic mass is 10.2. The van der Waals surface area contributed by atoms with Crippen molar-refractivity contribution in [2.45, 2.75) is 0 Å². The molecule has 0 unspecified atom stereocenters. The van der Waals surface area contributed by atoms with Gasteiger partial charge in [0.15, 0.2) is 16.3 Å². The van der Waals surface area contributed by atoms with Crippen LogP contribution in [0.3, 0.4) is 0 Å². The van der Waals surface area contributed by atoms with E-state index in [0.29, 0.717) is 21.5 Å². The van der Waals surface area contributed by atoms with E-state index >= 15 is 0 Å². The molecule has 0 saturated carbocycles. The number of fused-ring (bicyclic) bond motifs is 1. The highest BCUT2D eigenvalue weighted by molar-refractivity contribution is 7.71. The summed E-state index contributed by atoms with van der Waals surface area (Å²) in [7, 11) is 1.39. The second kappa shape index (κ2) is 4.72. The summed E-state index contributed by atoms with van der Waals surface area (Å²) in [6.07, 6.45) is 0. The summed E-state index contributed by atoms with van der Waals surface area (Å²) in [5.74, 6) is -0.745. The van der Waals surface area contributed by atoms with E-state index in [4.69, 9.17) is 17.0 Å². The summed E-state index contributed by atoms with van der Waals surface area (Å²) >= 11 is 5.21. The van der Waals surface area contributed by atoms with Gasteiger partial charge in [-0.25, -0.2) is 8.78 Å². The van der Waals surface area contributed by atoms with Gasteiger partial charge in [0, 0.05) is 6.07 Å². The molecule has 102 valence electrons. The number of ether oxygens (including phenoxy) is 1. The van der Waals surface area contributed by atoms with Crippen LogP contribution >= 0.6 is 12.2 Å². The van der Waals surface area contributed by atoms with E-state index in [-0.39, 0.29) is 11.6 Å². The first kappa shape index (κ1) is 12.8. The minimum Gasteiger partial charge on any atom is -0.494 e. The molecule has 0 saturated heterocycles. The molecule has 0 atom stereocenters. The van der Waals surface area contributed by atoms with E-state index in [1.165, 1.54) is 25.3 Å². The summed E-state index contributed by atoms with van der Waals surface area (Å²) in [4.78, 5) is 2.81. The van der Waals surface area contributed by atoms with Gasteiger partial charge in [0.25, 0.3) is 0 Å². The largest absolute Gasteiger partial charge is 0.494 e. The molecule has 2 aromatic carbocycles. The number of nitrogens with one attached hydrogen (secondary N) is 1. The Morgan fingerprint density at radius 2 is 1.95 bits per heavy atom. The average Bonchev–Trinajstić information content (AvgIpc) is 2.77. The Morgan fingerprint density at radius 1 is 1.15 bits per heavy atom. The molecule has 0 aliphatic heterocycles. The average molecular weight is 292 g/mol. The van der Waals surface area contributed by atoms with Crippen LogP contribution in [-0.2, 0) is 0 Å². The van der Waals surface area contributed by atoms with Crippen molar-refractivity contribution in [2.24, 2.45) is 0 Å². The first-order chi connectivity index (χ1) is 9.61. The molecule has 0 fully saturated rings. The minimum absolute atomic E-state index is 0.107. The number of benzene rings is 2. The van der Waals surface area contributed by atoms with Crippen molar-refractivity contribution in [1.82, 2.24) is 9.55 Å². The van der Waals surface area contributed by atoms with Gasteiger partial charge in [-0.05, 0) is 36.5 Å². The molecule has 0 amide bonds. The maximum absolute atomic E-state index is 13.7. The number of nitrogens with zero attached hydrogens (tertiary/aromatic N) is 1. The zero-order valence-corrected chi connectivity index (χ0v) is 11.3. The Kier molecular flexibility index (Phi) is 3.02. The van der Waals surface area contributed by atoms with Gasteiger partial charge in [-0.15, -0.1) is 0 Å². The Bertz CT molecular complexity index is 854. The number of methoxy groups -OCH3 is 1. The zero-order valence-electron chi connectivity index (χ0n) is 10.5. The molecule has 3 aromatic rings. The predicted octanol–water partition coefficient (Wildman–Crippen LogP) is 3.97. The van der Waals surface area contributed by atoms with Crippen LogP contribution in [0.4, 0.5) is 8.78 Å². The standard InChI is InChI=1S/C14H10F2N2OS/c1-19-12-7-8(5-6-9(12)15)18-11-4-2-3-10(16)13(11)17-14(18)20/h2-7H,1H3,(H,17,20). The van der Waals surface area contributed by atoms with Crippen LogP contribution in [-0.4, -0.2) is 16.7 Å². The summed E-state index contributed by atoms with van der Waals surface area (Å²) in [6, 6.07) is 9.05. The summed E-state index contributed by atoms with van der Waals surface area (Å²) < 4.78 is 34.1. The number of para-hydroxylation sites is 1. The zero-order chi connectivity index (χ0) is 14.3. The number of aromatic amines is 1. The van der Waals surface area contributed by atoms with Gasteiger partial charge in [-0.1, -0.05) is 6.07 Å². The number of imidazole rings is 1. The van der Waals surface area contributed by atoms with Gasteiger partial charge >= 0.3 is 0 Å². The maximum Gasteiger partial charge on any atom is 0.182 e. The molecular weight excluding hydrogens is 282 g/mol. The lowest BCUT2D eigenvalue weighted by molar-refractivity contribution is 0.386. The van der Waals surface area contributed by atoms with Gasteiger partial charge in [-0.2, -0.15) is 0 Å². The van der Waals surface area contributed by atoms with Crippen molar-refractivity contribution >= 4 is 23.3 Å². The van der Waals surface area contributed by atoms with Crippen LogP contribution in [0.5, 0.6) is 5.75 Å². The maximum atomic E-state index is 13.7.